The number of aromatic carboxylic acids is 1. The molecule has 100 valence electrons. The maximum absolute atomic E-state index is 11.5. The summed E-state index contributed by atoms with van der Waals surface area (Å²) in [6.45, 7) is 0. The Morgan fingerprint density at radius 2 is 2.05 bits per heavy atom. The van der Waals surface area contributed by atoms with Crippen LogP contribution < -0.4 is 0 Å². The normalized spacial score (nSPS) is 11.5. The minimum atomic E-state index is -3.34. The van der Waals surface area contributed by atoms with E-state index in [4.69, 9.17) is 5.11 Å². The molecule has 1 aromatic heterocycles. The highest BCUT2D eigenvalue weighted by Crippen LogP contribution is 2.25. The first-order chi connectivity index (χ1) is 8.80. The lowest BCUT2D eigenvalue weighted by Crippen LogP contribution is -2.02. The molecule has 0 spiro atoms. The van der Waals surface area contributed by atoms with Gasteiger partial charge in [0, 0.05) is 18.9 Å². The average Bonchev–Trinajstić information content (AvgIpc) is 2.70. The SMILES string of the molecule is Cn1ncc(C(=O)O)c1-c1cccc(S(C)(=O)=O)c1. The van der Waals surface area contributed by atoms with E-state index < -0.39 is 15.8 Å². The van der Waals surface area contributed by atoms with Crippen LogP contribution in [0.5, 0.6) is 0 Å². The minimum absolute atomic E-state index is 0.0353. The lowest BCUT2D eigenvalue weighted by molar-refractivity contribution is 0.0697. The van der Waals surface area contributed by atoms with Crippen molar-refractivity contribution in [1.82, 2.24) is 9.78 Å². The van der Waals surface area contributed by atoms with Gasteiger partial charge in [0.05, 0.1) is 16.8 Å². The van der Waals surface area contributed by atoms with E-state index in [-0.39, 0.29) is 10.5 Å². The molecular formula is C12H12N2O4S. The first-order valence-electron chi connectivity index (χ1n) is 5.36. The summed E-state index contributed by atoms with van der Waals surface area (Å²) in [6, 6.07) is 6.14. The van der Waals surface area contributed by atoms with Gasteiger partial charge in [-0.25, -0.2) is 13.2 Å². The summed E-state index contributed by atoms with van der Waals surface area (Å²) in [5, 5.41) is 13.0. The first kappa shape index (κ1) is 13.3. The number of carbonyl (C=O) groups is 1. The van der Waals surface area contributed by atoms with Gasteiger partial charge in [0.1, 0.15) is 5.56 Å². The van der Waals surface area contributed by atoms with Crippen molar-refractivity contribution in [1.29, 1.82) is 0 Å². The van der Waals surface area contributed by atoms with Gasteiger partial charge in [0.25, 0.3) is 0 Å². The molecule has 0 radical (unpaired) electrons. The minimum Gasteiger partial charge on any atom is -0.478 e. The molecule has 1 N–H and O–H groups in total. The number of hydrogen-bond donors (Lipinski definition) is 1. The van der Waals surface area contributed by atoms with Crippen LogP contribution in [0.4, 0.5) is 0 Å². The number of carboxylic acid groups (broad SMARTS) is 1. The zero-order valence-electron chi connectivity index (χ0n) is 10.4. The lowest BCUT2D eigenvalue weighted by Gasteiger charge is -2.06. The molecule has 0 aliphatic rings. The predicted molar refractivity (Wildman–Crippen MR) is 68.7 cm³/mol. The van der Waals surface area contributed by atoms with Crippen molar-refractivity contribution >= 4 is 15.8 Å². The van der Waals surface area contributed by atoms with Crippen molar-refractivity contribution in [2.75, 3.05) is 6.26 Å². The number of hydrogen-bond acceptors (Lipinski definition) is 4. The fourth-order valence-corrected chi connectivity index (χ4v) is 2.48. The second kappa shape index (κ2) is 4.51. The maximum Gasteiger partial charge on any atom is 0.339 e. The van der Waals surface area contributed by atoms with E-state index in [0.29, 0.717) is 11.3 Å². The molecule has 6 nitrogen and oxygen atoms in total. The zero-order chi connectivity index (χ0) is 14.2. The Hall–Kier alpha value is -2.15. The summed E-state index contributed by atoms with van der Waals surface area (Å²) in [5.41, 5.74) is 0.909. The Bertz CT molecular complexity index is 747. The average molecular weight is 280 g/mol. The van der Waals surface area contributed by atoms with Crippen LogP contribution in [0.3, 0.4) is 0 Å². The highest BCUT2D eigenvalue weighted by molar-refractivity contribution is 7.90. The maximum atomic E-state index is 11.5. The van der Waals surface area contributed by atoms with Crippen molar-refractivity contribution in [3.63, 3.8) is 0 Å². The van der Waals surface area contributed by atoms with E-state index in [1.54, 1.807) is 19.2 Å². The van der Waals surface area contributed by atoms with Gasteiger partial charge in [-0.3, -0.25) is 4.68 Å². The molecule has 1 heterocycles. The Labute approximate surface area is 110 Å². The van der Waals surface area contributed by atoms with Crippen LogP contribution in [0.1, 0.15) is 10.4 Å². The highest BCUT2D eigenvalue weighted by atomic mass is 32.2. The number of aromatic nitrogens is 2. The lowest BCUT2D eigenvalue weighted by atomic mass is 10.1. The van der Waals surface area contributed by atoms with Gasteiger partial charge in [-0.15, -0.1) is 0 Å². The first-order valence-corrected chi connectivity index (χ1v) is 7.25. The van der Waals surface area contributed by atoms with Crippen LogP contribution in [0, 0.1) is 0 Å². The molecule has 0 aliphatic carbocycles. The second-order valence-electron chi connectivity index (χ2n) is 4.14. The standard InChI is InChI=1S/C12H12N2O4S/c1-14-11(10(7-13-14)12(15)16)8-4-3-5-9(6-8)19(2,17)18/h3-7H,1-2H3,(H,15,16). The third kappa shape index (κ3) is 2.50. The molecule has 2 rings (SSSR count). The quantitative estimate of drug-likeness (QED) is 0.912. The Kier molecular flexibility index (Phi) is 3.15. The van der Waals surface area contributed by atoms with Crippen LogP contribution in [0.25, 0.3) is 11.3 Å². The van der Waals surface area contributed by atoms with Gasteiger partial charge < -0.3 is 5.11 Å². The largest absolute Gasteiger partial charge is 0.478 e. The Morgan fingerprint density at radius 1 is 1.37 bits per heavy atom. The van der Waals surface area contributed by atoms with E-state index in [1.165, 1.54) is 23.0 Å². The Balaban J connectivity index is 2.67. The van der Waals surface area contributed by atoms with Crippen molar-refractivity contribution in [3.05, 3.63) is 36.0 Å². The summed E-state index contributed by atoms with van der Waals surface area (Å²) < 4.78 is 24.4. The highest BCUT2D eigenvalue weighted by Gasteiger charge is 2.18. The smallest absolute Gasteiger partial charge is 0.339 e. The van der Waals surface area contributed by atoms with E-state index in [1.807, 2.05) is 0 Å². The van der Waals surface area contributed by atoms with E-state index >= 15 is 0 Å². The zero-order valence-corrected chi connectivity index (χ0v) is 11.2. The van der Waals surface area contributed by atoms with Gasteiger partial charge in [0.2, 0.25) is 0 Å². The molecule has 7 heteroatoms. The monoisotopic (exact) mass is 280 g/mol. The van der Waals surface area contributed by atoms with Crippen LogP contribution in [-0.4, -0.2) is 35.5 Å². The summed E-state index contributed by atoms with van der Waals surface area (Å²) in [7, 11) is -1.73. The van der Waals surface area contributed by atoms with E-state index in [2.05, 4.69) is 5.10 Å². The van der Waals surface area contributed by atoms with Crippen molar-refractivity contribution < 1.29 is 18.3 Å². The van der Waals surface area contributed by atoms with Crippen LogP contribution in [0.2, 0.25) is 0 Å². The number of sulfone groups is 1. The molecular weight excluding hydrogens is 268 g/mol. The van der Waals surface area contributed by atoms with Gasteiger partial charge in [-0.2, -0.15) is 5.10 Å². The molecule has 0 bridgehead atoms. The second-order valence-corrected chi connectivity index (χ2v) is 6.15. The molecule has 0 unspecified atom stereocenters. The summed E-state index contributed by atoms with van der Waals surface area (Å²) in [5.74, 6) is -1.10. The van der Waals surface area contributed by atoms with Crippen molar-refractivity contribution in [2.45, 2.75) is 4.90 Å². The number of rotatable bonds is 3. The summed E-state index contributed by atoms with van der Waals surface area (Å²) >= 11 is 0. The van der Waals surface area contributed by atoms with Crippen molar-refractivity contribution in [3.8, 4) is 11.3 Å². The number of aryl methyl sites for hydroxylation is 1. The number of nitrogens with zero attached hydrogens (tertiary/aromatic N) is 2. The molecule has 19 heavy (non-hydrogen) atoms. The topological polar surface area (TPSA) is 89.3 Å². The van der Waals surface area contributed by atoms with Gasteiger partial charge in [-0.1, -0.05) is 12.1 Å². The number of carboxylic acids is 1. The van der Waals surface area contributed by atoms with E-state index in [0.717, 1.165) is 6.26 Å². The molecule has 1 aromatic carbocycles. The number of benzene rings is 1. The third-order valence-electron chi connectivity index (χ3n) is 2.70. The molecule has 2 aromatic rings. The molecule has 0 saturated carbocycles. The van der Waals surface area contributed by atoms with Crippen LogP contribution >= 0.6 is 0 Å². The molecule has 0 fully saturated rings. The molecule has 0 atom stereocenters. The van der Waals surface area contributed by atoms with Gasteiger partial charge >= 0.3 is 5.97 Å². The molecule has 0 aliphatic heterocycles. The van der Waals surface area contributed by atoms with Gasteiger partial charge in [0.15, 0.2) is 9.84 Å². The molecule has 0 saturated heterocycles. The Morgan fingerprint density at radius 3 is 2.63 bits per heavy atom. The summed E-state index contributed by atoms with van der Waals surface area (Å²) in [6.07, 6.45) is 2.35. The fourth-order valence-electron chi connectivity index (χ4n) is 1.81. The predicted octanol–water partition coefficient (Wildman–Crippen LogP) is 1.19. The fraction of sp³-hybridized carbons (Fsp3) is 0.167. The van der Waals surface area contributed by atoms with Gasteiger partial charge in [-0.05, 0) is 12.1 Å². The molecule has 0 amide bonds. The van der Waals surface area contributed by atoms with Crippen molar-refractivity contribution in [2.24, 2.45) is 7.05 Å². The summed E-state index contributed by atoms with van der Waals surface area (Å²) in [4.78, 5) is 11.3. The van der Waals surface area contributed by atoms with E-state index in [9.17, 15) is 13.2 Å². The van der Waals surface area contributed by atoms with Crippen LogP contribution in [-0.2, 0) is 16.9 Å². The van der Waals surface area contributed by atoms with Crippen LogP contribution in [0.15, 0.2) is 35.4 Å². The third-order valence-corrected chi connectivity index (χ3v) is 3.82.